The predicted octanol–water partition coefficient (Wildman–Crippen LogP) is 5.16. The van der Waals surface area contributed by atoms with Gasteiger partial charge in [-0.3, -0.25) is 0 Å². The Morgan fingerprint density at radius 1 is 0.550 bits per heavy atom. The molecule has 0 saturated heterocycles. The summed E-state index contributed by atoms with van der Waals surface area (Å²) in [6.07, 6.45) is 0. The molecule has 3 aromatic carbocycles. The van der Waals surface area contributed by atoms with Crippen molar-refractivity contribution in [2.45, 2.75) is 10.8 Å². The second-order valence-electron chi connectivity index (χ2n) is 4.81. The minimum absolute atomic E-state index is 0.228. The highest BCUT2D eigenvalue weighted by atomic mass is 32.1. The van der Waals surface area contributed by atoms with Gasteiger partial charge in [-0.15, -0.1) is 12.6 Å². The average molecular weight is 276 g/mol. The topological polar surface area (TPSA) is 0 Å². The van der Waals surface area contributed by atoms with Gasteiger partial charge in [0.05, 0.1) is 0 Å². The Labute approximate surface area is 125 Å². The van der Waals surface area contributed by atoms with Crippen molar-refractivity contribution < 1.29 is 0 Å². The molecule has 0 aliphatic rings. The normalized spacial score (nSPS) is 10.7. The maximum absolute atomic E-state index is 4.64. The molecule has 0 heterocycles. The SMILES string of the molecule is Sc1ccccc1C(c1ccccc1)c1ccccc1. The van der Waals surface area contributed by atoms with Crippen molar-refractivity contribution in [1.82, 2.24) is 0 Å². The number of thiol groups is 1. The highest BCUT2D eigenvalue weighted by Gasteiger charge is 2.17. The molecular formula is C19H16S. The first-order chi connectivity index (χ1) is 9.86. The molecule has 0 saturated carbocycles. The molecule has 3 aromatic rings. The van der Waals surface area contributed by atoms with Crippen molar-refractivity contribution in [3.05, 3.63) is 102 Å². The quantitative estimate of drug-likeness (QED) is 0.496. The van der Waals surface area contributed by atoms with Crippen LogP contribution in [0.5, 0.6) is 0 Å². The van der Waals surface area contributed by atoms with Gasteiger partial charge in [0.2, 0.25) is 0 Å². The number of hydrogen-bond acceptors (Lipinski definition) is 1. The molecule has 0 aliphatic carbocycles. The van der Waals surface area contributed by atoms with Gasteiger partial charge < -0.3 is 0 Å². The van der Waals surface area contributed by atoms with Gasteiger partial charge in [-0.1, -0.05) is 78.9 Å². The number of benzene rings is 3. The summed E-state index contributed by atoms with van der Waals surface area (Å²) in [5, 5.41) is 0. The maximum atomic E-state index is 4.64. The van der Waals surface area contributed by atoms with E-state index in [1.165, 1.54) is 16.7 Å². The molecule has 0 radical (unpaired) electrons. The monoisotopic (exact) mass is 276 g/mol. The third-order valence-electron chi connectivity index (χ3n) is 3.51. The summed E-state index contributed by atoms with van der Waals surface area (Å²) in [6.45, 7) is 0. The van der Waals surface area contributed by atoms with Gasteiger partial charge in [0, 0.05) is 10.8 Å². The molecule has 20 heavy (non-hydrogen) atoms. The van der Waals surface area contributed by atoms with Gasteiger partial charge in [0.15, 0.2) is 0 Å². The van der Waals surface area contributed by atoms with E-state index in [1.54, 1.807) is 0 Å². The van der Waals surface area contributed by atoms with Gasteiger partial charge in [-0.2, -0.15) is 0 Å². The van der Waals surface area contributed by atoms with E-state index < -0.39 is 0 Å². The summed E-state index contributed by atoms with van der Waals surface area (Å²) in [5.41, 5.74) is 3.83. The lowest BCUT2D eigenvalue weighted by atomic mass is 9.85. The van der Waals surface area contributed by atoms with Gasteiger partial charge in [0.1, 0.15) is 0 Å². The van der Waals surface area contributed by atoms with E-state index in [4.69, 9.17) is 0 Å². The lowest BCUT2D eigenvalue weighted by Crippen LogP contribution is -2.04. The molecule has 0 N–H and O–H groups in total. The van der Waals surface area contributed by atoms with Crippen LogP contribution in [0, 0.1) is 0 Å². The molecule has 1 heteroatoms. The van der Waals surface area contributed by atoms with Crippen LogP contribution >= 0.6 is 12.6 Å². The Morgan fingerprint density at radius 2 is 1.00 bits per heavy atom. The average Bonchev–Trinajstić information content (AvgIpc) is 2.52. The zero-order valence-corrected chi connectivity index (χ0v) is 12.0. The molecule has 0 amide bonds. The van der Waals surface area contributed by atoms with E-state index in [0.717, 1.165) is 4.90 Å². The fraction of sp³-hybridized carbons (Fsp3) is 0.0526. The molecule has 0 aromatic heterocycles. The van der Waals surface area contributed by atoms with Gasteiger partial charge in [-0.05, 0) is 22.8 Å². The lowest BCUT2D eigenvalue weighted by molar-refractivity contribution is 0.946. The molecule has 0 nitrogen and oxygen atoms in total. The molecule has 98 valence electrons. The zero-order chi connectivity index (χ0) is 13.8. The first kappa shape index (κ1) is 13.0. The van der Waals surface area contributed by atoms with Crippen molar-refractivity contribution in [3.8, 4) is 0 Å². The Morgan fingerprint density at radius 3 is 1.50 bits per heavy atom. The minimum atomic E-state index is 0.228. The highest BCUT2D eigenvalue weighted by molar-refractivity contribution is 7.80. The Kier molecular flexibility index (Phi) is 3.89. The first-order valence-electron chi connectivity index (χ1n) is 6.74. The van der Waals surface area contributed by atoms with Crippen LogP contribution in [-0.4, -0.2) is 0 Å². The second kappa shape index (κ2) is 5.98. The fourth-order valence-corrected chi connectivity index (χ4v) is 2.86. The van der Waals surface area contributed by atoms with Crippen molar-refractivity contribution in [1.29, 1.82) is 0 Å². The molecule has 0 unspecified atom stereocenters. The molecule has 3 rings (SSSR count). The summed E-state index contributed by atoms with van der Waals surface area (Å²) in [6, 6.07) is 29.5. The van der Waals surface area contributed by atoms with Gasteiger partial charge in [-0.25, -0.2) is 0 Å². The number of hydrogen-bond donors (Lipinski definition) is 1. The van der Waals surface area contributed by atoms with E-state index in [1.807, 2.05) is 6.07 Å². The van der Waals surface area contributed by atoms with E-state index in [-0.39, 0.29) is 5.92 Å². The zero-order valence-electron chi connectivity index (χ0n) is 11.1. The van der Waals surface area contributed by atoms with E-state index >= 15 is 0 Å². The summed E-state index contributed by atoms with van der Waals surface area (Å²) in [4.78, 5) is 1.03. The Hall–Kier alpha value is -1.99. The highest BCUT2D eigenvalue weighted by Crippen LogP contribution is 2.34. The van der Waals surface area contributed by atoms with E-state index in [9.17, 15) is 0 Å². The van der Waals surface area contributed by atoms with Gasteiger partial charge >= 0.3 is 0 Å². The van der Waals surface area contributed by atoms with Crippen molar-refractivity contribution in [2.24, 2.45) is 0 Å². The smallest absolute Gasteiger partial charge is 0.0350 e. The van der Waals surface area contributed by atoms with Crippen LogP contribution < -0.4 is 0 Å². The van der Waals surface area contributed by atoms with Crippen LogP contribution in [0.1, 0.15) is 22.6 Å². The van der Waals surface area contributed by atoms with Crippen LogP contribution in [-0.2, 0) is 0 Å². The summed E-state index contributed by atoms with van der Waals surface area (Å²) in [7, 11) is 0. The fourth-order valence-electron chi connectivity index (χ4n) is 2.57. The lowest BCUT2D eigenvalue weighted by Gasteiger charge is -2.20. The third-order valence-corrected chi connectivity index (χ3v) is 3.92. The first-order valence-corrected chi connectivity index (χ1v) is 7.19. The summed E-state index contributed by atoms with van der Waals surface area (Å²) in [5.74, 6) is 0.228. The minimum Gasteiger partial charge on any atom is -0.143 e. The van der Waals surface area contributed by atoms with Crippen LogP contribution in [0.25, 0.3) is 0 Å². The van der Waals surface area contributed by atoms with Crippen LogP contribution in [0.3, 0.4) is 0 Å². The standard InChI is InChI=1S/C19H16S/c20-18-14-8-7-13-17(18)19(15-9-3-1-4-10-15)16-11-5-2-6-12-16/h1-14,19-20H. The molecular weight excluding hydrogens is 260 g/mol. The van der Waals surface area contributed by atoms with Gasteiger partial charge in [0.25, 0.3) is 0 Å². The number of rotatable bonds is 3. The largest absolute Gasteiger partial charge is 0.143 e. The van der Waals surface area contributed by atoms with E-state index in [2.05, 4.69) is 91.5 Å². The molecule has 0 fully saturated rings. The molecule has 0 atom stereocenters. The van der Waals surface area contributed by atoms with Crippen LogP contribution in [0.2, 0.25) is 0 Å². The summed E-state index contributed by atoms with van der Waals surface area (Å²) < 4.78 is 0. The Balaban J connectivity index is 2.17. The van der Waals surface area contributed by atoms with Crippen LogP contribution in [0.15, 0.2) is 89.8 Å². The Bertz CT molecular complexity index is 635. The van der Waals surface area contributed by atoms with Crippen molar-refractivity contribution >= 4 is 12.6 Å². The second-order valence-corrected chi connectivity index (χ2v) is 5.30. The third kappa shape index (κ3) is 2.63. The molecule has 0 bridgehead atoms. The maximum Gasteiger partial charge on any atom is 0.0350 e. The summed E-state index contributed by atoms with van der Waals surface area (Å²) >= 11 is 4.64. The van der Waals surface area contributed by atoms with Crippen molar-refractivity contribution in [2.75, 3.05) is 0 Å². The predicted molar refractivity (Wildman–Crippen MR) is 87.5 cm³/mol. The molecule has 0 aliphatic heterocycles. The van der Waals surface area contributed by atoms with Crippen molar-refractivity contribution in [3.63, 3.8) is 0 Å². The van der Waals surface area contributed by atoms with Crippen LogP contribution in [0.4, 0.5) is 0 Å². The molecule has 0 spiro atoms. The van der Waals surface area contributed by atoms with E-state index in [0.29, 0.717) is 0 Å².